The summed E-state index contributed by atoms with van der Waals surface area (Å²) >= 11 is 0. The number of sulfone groups is 1. The first-order chi connectivity index (χ1) is 45.9. The number of ether oxygens (including phenoxy) is 3. The van der Waals surface area contributed by atoms with Crippen molar-refractivity contribution in [3.63, 3.8) is 0 Å². The van der Waals surface area contributed by atoms with Gasteiger partial charge in [-0.3, -0.25) is 28.7 Å². The zero-order valence-electron chi connectivity index (χ0n) is 52.3. The topological polar surface area (TPSA) is 360 Å². The second-order valence-electron chi connectivity index (χ2n) is 23.4. The van der Waals surface area contributed by atoms with Crippen LogP contribution in [0.2, 0.25) is 0 Å². The molecule has 0 spiro atoms. The first-order valence-electron chi connectivity index (χ1n) is 29.9. The van der Waals surface area contributed by atoms with Gasteiger partial charge >= 0.3 is 21.7 Å². The number of aryl methyl sites for hydroxylation is 2. The quantitative estimate of drug-likeness (QED) is 0.0539. The van der Waals surface area contributed by atoms with E-state index in [9.17, 15) is 42.0 Å². The van der Waals surface area contributed by atoms with Gasteiger partial charge in [0.15, 0.2) is 0 Å². The van der Waals surface area contributed by atoms with Gasteiger partial charge in [-0.15, -0.1) is 14.6 Å². The fourth-order valence-corrected chi connectivity index (χ4v) is 14.7. The number of hydrogen-bond acceptors (Lipinski definition) is 22. The molecule has 96 heavy (non-hydrogen) atoms. The van der Waals surface area contributed by atoms with E-state index in [1.54, 1.807) is 87.9 Å². The van der Waals surface area contributed by atoms with Crippen LogP contribution in [-0.2, 0) is 45.0 Å². The van der Waals surface area contributed by atoms with Gasteiger partial charge in [0.05, 0.1) is 72.2 Å². The molecule has 2 fully saturated rings. The lowest BCUT2D eigenvalue weighted by molar-refractivity contribution is -0.0324. The fourth-order valence-electron chi connectivity index (χ4n) is 11.2. The summed E-state index contributed by atoms with van der Waals surface area (Å²) in [6.07, 6.45) is 4.58. The zero-order valence-corrected chi connectivity index (χ0v) is 54.7. The number of H-pyrrole nitrogens is 2. The van der Waals surface area contributed by atoms with Crippen molar-refractivity contribution in [2.75, 3.05) is 26.6 Å². The van der Waals surface area contributed by atoms with Gasteiger partial charge < -0.3 is 37.0 Å². The molecule has 0 bridgehead atoms. The average molecular weight is 1370 g/mol. The average Bonchev–Trinajstić information content (AvgIpc) is 1.52. The third-order valence-corrected chi connectivity index (χ3v) is 20.5. The summed E-state index contributed by atoms with van der Waals surface area (Å²) in [6, 6.07) is 37.2. The highest BCUT2D eigenvalue weighted by Crippen LogP contribution is 2.40. The number of aromatic amines is 2. The number of hydrogen-bond donors (Lipinski definition) is 4. The summed E-state index contributed by atoms with van der Waals surface area (Å²) in [7, 11) is -10.3. The second kappa shape index (κ2) is 26.6. The number of aliphatic hydroxyl groups excluding tert-OH is 2. The van der Waals surface area contributed by atoms with Crippen LogP contribution in [-0.4, -0.2) is 115 Å². The van der Waals surface area contributed by atoms with Gasteiger partial charge in [-0.05, 0) is 122 Å². The Hall–Kier alpha value is -10.2. The summed E-state index contributed by atoms with van der Waals surface area (Å²) in [5.41, 5.74) is 1.62. The van der Waals surface area contributed by atoms with Crippen molar-refractivity contribution in [2.45, 2.75) is 92.5 Å². The minimum atomic E-state index is -4.24. The lowest BCUT2D eigenvalue weighted by Crippen LogP contribution is -2.33. The molecule has 31 heteroatoms. The normalized spacial score (nSPS) is 19.2. The smallest absolute Gasteiger partial charge is 0.393 e. The lowest BCUT2D eigenvalue weighted by atomic mass is 9.78. The summed E-state index contributed by atoms with van der Waals surface area (Å²) in [5, 5.41) is 37.8. The van der Waals surface area contributed by atoms with E-state index in [1.807, 2.05) is 36.4 Å². The molecular formula is C65H64N12O16S3. The Morgan fingerprint density at radius 2 is 0.990 bits per heavy atom. The van der Waals surface area contributed by atoms with E-state index in [4.69, 9.17) is 26.8 Å². The van der Waals surface area contributed by atoms with Crippen LogP contribution in [0.4, 0.5) is 11.4 Å². The summed E-state index contributed by atoms with van der Waals surface area (Å²) in [6.45, 7) is 6.44. The maximum Gasteiger partial charge on any atom is 0.393 e. The van der Waals surface area contributed by atoms with Crippen LogP contribution >= 0.6 is 0 Å². The van der Waals surface area contributed by atoms with Gasteiger partial charge in [-0.1, -0.05) is 72.8 Å². The number of methoxy groups -OCH3 is 1. The van der Waals surface area contributed by atoms with Crippen molar-refractivity contribution in [1.29, 1.82) is 0 Å². The Balaban J connectivity index is 0.758. The van der Waals surface area contributed by atoms with Crippen molar-refractivity contribution in [3.05, 3.63) is 234 Å². The van der Waals surface area contributed by atoms with Gasteiger partial charge in [-0.2, -0.15) is 8.57 Å². The van der Waals surface area contributed by atoms with Gasteiger partial charge in [0.25, 0.3) is 11.1 Å². The highest BCUT2D eigenvalue weighted by atomic mass is 32.2. The number of benzene rings is 6. The highest BCUT2D eigenvalue weighted by molar-refractivity contribution is 7.91. The number of nitrogens with one attached hydrogen (secondary N) is 2. The Labute approximate surface area is 549 Å². The van der Waals surface area contributed by atoms with Gasteiger partial charge in [0.2, 0.25) is 19.8 Å². The van der Waals surface area contributed by atoms with E-state index in [2.05, 4.69) is 53.2 Å². The van der Waals surface area contributed by atoms with Crippen LogP contribution in [0.25, 0.3) is 22.5 Å². The molecular weight excluding hydrogens is 1300 g/mol. The van der Waals surface area contributed by atoms with Crippen molar-refractivity contribution < 1.29 is 53.8 Å². The Morgan fingerprint density at radius 1 is 0.562 bits per heavy atom. The fraction of sp³-hybridized carbons (Fsp3) is 0.262. The van der Waals surface area contributed by atoms with Crippen molar-refractivity contribution >= 4 is 41.5 Å². The molecule has 2 aliphatic heterocycles. The molecule has 0 amide bonds. The number of aliphatic hydroxyl groups is 2. The molecule has 10 aromatic rings. The standard InChI is InChI=1S/C65H64N12O16S3/c1-39-33-74(63(82)66-61(39)80)59-31-55(57(37-78)89-59)76-35-53(68-72-76)41-9-7-11-49(29-41)91-94(6,84)70-45-17-25-51(26-18-45)95(85,86)52-27-19-46(20-28-52)71-96(87,92-48-23-15-44(16-24-48)65(3,4)43-13-21-47(88-5)22-14-43)93-50-12-8-10-42(30-50)54-36-77(73-69-54)56-32-60(90-58(56)38-79)75-34-40(2)62(81)67-64(75)83/h7-30,33-36,55-60,78-79H,31-32,37-38H2,1-6H3,(H,66,80,82)(H,67,81,83)/t55?,56?,57-,58-,59-,60-,94?,96?/m1/s1. The molecule has 6 aromatic carbocycles. The molecule has 4 N–H and O–H groups in total. The van der Waals surface area contributed by atoms with E-state index in [1.165, 1.54) is 91.7 Å². The molecule has 2 aliphatic rings. The monoisotopic (exact) mass is 1360 g/mol. The molecule has 8 atom stereocenters. The maximum atomic E-state index is 15.2. The third kappa shape index (κ3) is 14.0. The van der Waals surface area contributed by atoms with E-state index >= 15 is 4.21 Å². The van der Waals surface area contributed by atoms with Crippen molar-refractivity contribution in [1.82, 2.24) is 49.1 Å². The largest absolute Gasteiger partial charge is 0.497 e. The molecule has 4 unspecified atom stereocenters. The molecule has 6 heterocycles. The molecule has 0 saturated carbocycles. The van der Waals surface area contributed by atoms with Gasteiger partial charge in [-0.25, -0.2) is 31.6 Å². The van der Waals surface area contributed by atoms with Crippen molar-refractivity contribution in [3.8, 4) is 45.5 Å². The minimum absolute atomic E-state index is 0.0255. The minimum Gasteiger partial charge on any atom is -0.497 e. The summed E-state index contributed by atoms with van der Waals surface area (Å²) in [4.78, 5) is 53.7. The van der Waals surface area contributed by atoms with Crippen LogP contribution < -0.4 is 39.8 Å². The Bertz CT molecular complexity index is 5190. The number of aromatic nitrogens is 10. The van der Waals surface area contributed by atoms with Crippen LogP contribution in [0.3, 0.4) is 0 Å². The lowest BCUT2D eigenvalue weighted by Gasteiger charge is -2.26. The van der Waals surface area contributed by atoms with Gasteiger partial charge in [0, 0.05) is 52.9 Å². The van der Waals surface area contributed by atoms with E-state index in [0.29, 0.717) is 39.4 Å². The Morgan fingerprint density at radius 3 is 1.44 bits per heavy atom. The number of rotatable bonds is 21. The van der Waals surface area contributed by atoms with Crippen LogP contribution in [0.1, 0.15) is 73.5 Å². The van der Waals surface area contributed by atoms with E-state index in [-0.39, 0.29) is 57.9 Å². The summed E-state index contributed by atoms with van der Waals surface area (Å²) in [5.74, 6) is 1.05. The molecule has 2 saturated heterocycles. The van der Waals surface area contributed by atoms with Gasteiger partial charge in [0.1, 0.15) is 59.0 Å². The molecule has 4 aromatic heterocycles. The first kappa shape index (κ1) is 65.9. The predicted octanol–water partition coefficient (Wildman–Crippen LogP) is 7.54. The van der Waals surface area contributed by atoms with Crippen LogP contribution in [0.15, 0.2) is 208 Å². The maximum absolute atomic E-state index is 15.2. The zero-order chi connectivity index (χ0) is 67.8. The molecule has 0 radical (unpaired) electrons. The Kier molecular flexibility index (Phi) is 18.2. The van der Waals surface area contributed by atoms with E-state index in [0.717, 1.165) is 11.1 Å². The van der Waals surface area contributed by atoms with E-state index < -0.39 is 101 Å². The SMILES string of the molecule is COc1ccc(C(C)(C)c2ccc(OS(=O)(=Nc3ccc(S(=O)(=O)c4ccc(N=S(C)(=O)Oc5cccc(-c6cn(C7C[C@H](n8cc(C)c(=O)[nH]c8=O)O[C@@H]7CO)nn6)c5)cc4)cc3)Oc3cccc(-c4cn(C5C[C@H](n6cc(C)c(=O)[nH]c6=O)O[C@@H]5CO)nn4)c3)cc2)cc1. The predicted molar refractivity (Wildman–Crippen MR) is 351 cm³/mol. The molecule has 0 aliphatic carbocycles. The highest BCUT2D eigenvalue weighted by Gasteiger charge is 2.40. The van der Waals surface area contributed by atoms with Crippen LogP contribution in [0.5, 0.6) is 23.0 Å². The second-order valence-corrected chi connectivity index (χ2v) is 28.5. The van der Waals surface area contributed by atoms with Crippen LogP contribution in [0, 0.1) is 13.8 Å². The molecule has 12 rings (SSSR count). The third-order valence-electron chi connectivity index (χ3n) is 16.5. The number of nitrogens with zero attached hydrogens (tertiary/aromatic N) is 10. The molecule has 28 nitrogen and oxygen atoms in total. The van der Waals surface area contributed by atoms with Crippen molar-refractivity contribution in [2.24, 2.45) is 8.73 Å². The first-order valence-corrected chi connectivity index (χ1v) is 34.6. The summed E-state index contributed by atoms with van der Waals surface area (Å²) < 4.78 is 107. The molecule has 498 valence electrons.